The molecule has 1 N–H and O–H groups in total. The van der Waals surface area contributed by atoms with Crippen LogP contribution >= 0.6 is 15.9 Å². The number of urea groups is 1. The molecule has 2 aromatic rings. The highest BCUT2D eigenvalue weighted by Crippen LogP contribution is 2.31. The van der Waals surface area contributed by atoms with E-state index in [4.69, 9.17) is 0 Å². The minimum absolute atomic E-state index is 0.267. The molecular formula is C15H12BrN3O. The van der Waals surface area contributed by atoms with Gasteiger partial charge in [0.25, 0.3) is 0 Å². The van der Waals surface area contributed by atoms with Crippen LogP contribution in [0.2, 0.25) is 0 Å². The Kier molecular flexibility index (Phi) is 3.28. The molecule has 0 fully saturated rings. The van der Waals surface area contributed by atoms with E-state index in [0.29, 0.717) is 0 Å². The molecule has 5 heteroatoms. The van der Waals surface area contributed by atoms with Crippen molar-refractivity contribution < 1.29 is 4.79 Å². The molecule has 4 nitrogen and oxygen atoms in total. The molecule has 0 unspecified atom stereocenters. The first kappa shape index (κ1) is 12.9. The summed E-state index contributed by atoms with van der Waals surface area (Å²) in [4.78, 5) is 13.9. The topological polar surface area (TPSA) is 44.7 Å². The van der Waals surface area contributed by atoms with Crippen molar-refractivity contribution in [2.45, 2.75) is 6.92 Å². The summed E-state index contributed by atoms with van der Waals surface area (Å²) in [5.41, 5.74) is 5.91. The van der Waals surface area contributed by atoms with Crippen LogP contribution in [0, 0.1) is 0 Å². The molecule has 0 atom stereocenters. The molecule has 0 aliphatic carbocycles. The Morgan fingerprint density at radius 3 is 2.55 bits per heavy atom. The number of hydrazone groups is 1. The van der Waals surface area contributed by atoms with Crippen LogP contribution in [0.15, 0.2) is 58.1 Å². The lowest BCUT2D eigenvalue weighted by Gasteiger charge is -2.22. The lowest BCUT2D eigenvalue weighted by molar-refractivity contribution is 0.249. The van der Waals surface area contributed by atoms with Crippen molar-refractivity contribution in [2.75, 3.05) is 4.90 Å². The molecule has 3 rings (SSSR count). The van der Waals surface area contributed by atoms with Crippen LogP contribution in [0.25, 0.3) is 0 Å². The molecule has 2 aromatic carbocycles. The zero-order chi connectivity index (χ0) is 14.1. The molecular weight excluding hydrogens is 318 g/mol. The maximum atomic E-state index is 12.3. The lowest BCUT2D eigenvalue weighted by atomic mass is 10.1. The van der Waals surface area contributed by atoms with Crippen LogP contribution in [0.4, 0.5) is 16.2 Å². The normalized spacial score (nSPS) is 14.2. The number of benzene rings is 2. The van der Waals surface area contributed by atoms with E-state index >= 15 is 0 Å². The Morgan fingerprint density at radius 2 is 1.80 bits per heavy atom. The van der Waals surface area contributed by atoms with Gasteiger partial charge in [0.2, 0.25) is 0 Å². The van der Waals surface area contributed by atoms with Crippen LogP contribution in [0.1, 0.15) is 12.5 Å². The molecule has 2 amide bonds. The van der Waals surface area contributed by atoms with Crippen molar-refractivity contribution in [1.29, 1.82) is 0 Å². The number of hydrogen-bond donors (Lipinski definition) is 1. The second-order valence-corrected chi connectivity index (χ2v) is 5.36. The van der Waals surface area contributed by atoms with Crippen LogP contribution in [0.5, 0.6) is 0 Å². The third-order valence-electron chi connectivity index (χ3n) is 3.14. The Labute approximate surface area is 125 Å². The monoisotopic (exact) mass is 329 g/mol. The first-order chi connectivity index (χ1) is 9.66. The molecule has 1 heterocycles. The number of para-hydroxylation sites is 1. The van der Waals surface area contributed by atoms with Gasteiger partial charge in [-0.2, -0.15) is 5.10 Å². The quantitative estimate of drug-likeness (QED) is 0.843. The van der Waals surface area contributed by atoms with Gasteiger partial charge in [0.1, 0.15) is 0 Å². The van der Waals surface area contributed by atoms with Gasteiger partial charge in [-0.15, -0.1) is 0 Å². The van der Waals surface area contributed by atoms with Gasteiger partial charge in [0.15, 0.2) is 0 Å². The van der Waals surface area contributed by atoms with Gasteiger partial charge in [-0.25, -0.2) is 10.2 Å². The molecule has 100 valence electrons. The van der Waals surface area contributed by atoms with Crippen molar-refractivity contribution in [2.24, 2.45) is 5.10 Å². The summed E-state index contributed by atoms with van der Waals surface area (Å²) < 4.78 is 0.970. The number of hydrogen-bond acceptors (Lipinski definition) is 2. The Morgan fingerprint density at radius 1 is 1.10 bits per heavy atom. The predicted octanol–water partition coefficient (Wildman–Crippen LogP) is 4.03. The number of amides is 2. The van der Waals surface area contributed by atoms with E-state index in [2.05, 4.69) is 26.5 Å². The Hall–Kier alpha value is -2.14. The van der Waals surface area contributed by atoms with Crippen molar-refractivity contribution in [3.63, 3.8) is 0 Å². The van der Waals surface area contributed by atoms with Gasteiger partial charge in [0, 0.05) is 10.0 Å². The van der Waals surface area contributed by atoms with Gasteiger partial charge < -0.3 is 0 Å². The van der Waals surface area contributed by atoms with Gasteiger partial charge in [0.05, 0.1) is 17.1 Å². The number of rotatable bonds is 1. The van der Waals surface area contributed by atoms with E-state index < -0.39 is 0 Å². The smallest absolute Gasteiger partial charge is 0.261 e. The summed E-state index contributed by atoms with van der Waals surface area (Å²) in [6.07, 6.45) is 0. The fourth-order valence-electron chi connectivity index (χ4n) is 2.17. The van der Waals surface area contributed by atoms with Gasteiger partial charge >= 0.3 is 6.03 Å². The SMILES string of the molecule is CC1=NNC(=O)N(c2ccc(Br)cc2)c2ccccc21. The lowest BCUT2D eigenvalue weighted by Crippen LogP contribution is -2.33. The summed E-state index contributed by atoms with van der Waals surface area (Å²) in [6, 6.07) is 15.1. The maximum absolute atomic E-state index is 12.3. The van der Waals surface area contributed by atoms with Crippen LogP contribution in [-0.2, 0) is 0 Å². The molecule has 0 saturated heterocycles. The average Bonchev–Trinajstić information content (AvgIpc) is 2.59. The number of carbonyl (C=O) groups excluding carboxylic acids is 1. The van der Waals surface area contributed by atoms with Crippen LogP contribution in [-0.4, -0.2) is 11.7 Å². The van der Waals surface area contributed by atoms with E-state index in [1.807, 2.05) is 55.5 Å². The number of anilines is 2. The second-order valence-electron chi connectivity index (χ2n) is 4.44. The van der Waals surface area contributed by atoms with Crippen LogP contribution < -0.4 is 10.3 Å². The van der Waals surface area contributed by atoms with Crippen molar-refractivity contribution in [1.82, 2.24) is 5.43 Å². The van der Waals surface area contributed by atoms with Crippen molar-refractivity contribution in [3.05, 3.63) is 58.6 Å². The van der Waals surface area contributed by atoms with Gasteiger partial charge in [-0.05, 0) is 37.3 Å². The number of nitrogens with zero attached hydrogens (tertiary/aromatic N) is 2. The summed E-state index contributed by atoms with van der Waals surface area (Å²) in [5.74, 6) is 0. The average molecular weight is 330 g/mol. The first-order valence-electron chi connectivity index (χ1n) is 6.16. The fourth-order valence-corrected chi connectivity index (χ4v) is 2.44. The number of carbonyl (C=O) groups is 1. The largest absolute Gasteiger partial charge is 0.346 e. The zero-order valence-corrected chi connectivity index (χ0v) is 12.4. The minimum Gasteiger partial charge on any atom is -0.261 e. The Balaban J connectivity index is 2.17. The molecule has 0 bridgehead atoms. The van der Waals surface area contributed by atoms with E-state index in [1.165, 1.54) is 0 Å². The van der Waals surface area contributed by atoms with E-state index in [1.54, 1.807) is 4.90 Å². The Bertz CT molecular complexity index is 695. The molecule has 0 spiro atoms. The summed E-state index contributed by atoms with van der Waals surface area (Å²) >= 11 is 3.40. The van der Waals surface area contributed by atoms with Crippen molar-refractivity contribution in [3.8, 4) is 0 Å². The predicted molar refractivity (Wildman–Crippen MR) is 83.5 cm³/mol. The zero-order valence-electron chi connectivity index (χ0n) is 10.8. The minimum atomic E-state index is -0.267. The summed E-state index contributed by atoms with van der Waals surface area (Å²) in [6.45, 7) is 1.88. The molecule has 0 radical (unpaired) electrons. The summed E-state index contributed by atoms with van der Waals surface area (Å²) in [7, 11) is 0. The maximum Gasteiger partial charge on any atom is 0.346 e. The molecule has 1 aliphatic heterocycles. The van der Waals surface area contributed by atoms with Gasteiger partial charge in [-0.1, -0.05) is 34.1 Å². The summed E-state index contributed by atoms with van der Waals surface area (Å²) in [5, 5.41) is 4.11. The second kappa shape index (κ2) is 5.09. The number of fused-ring (bicyclic) bond motifs is 1. The van der Waals surface area contributed by atoms with E-state index in [9.17, 15) is 4.79 Å². The van der Waals surface area contributed by atoms with Crippen molar-refractivity contribution >= 4 is 39.0 Å². The number of nitrogens with one attached hydrogen (secondary N) is 1. The molecule has 1 aliphatic rings. The number of halogens is 1. The molecule has 0 aromatic heterocycles. The molecule has 20 heavy (non-hydrogen) atoms. The van der Waals surface area contributed by atoms with E-state index in [0.717, 1.165) is 27.1 Å². The third kappa shape index (κ3) is 2.20. The molecule has 0 saturated carbocycles. The van der Waals surface area contributed by atoms with Gasteiger partial charge in [-0.3, -0.25) is 4.90 Å². The third-order valence-corrected chi connectivity index (χ3v) is 3.67. The highest BCUT2D eigenvalue weighted by atomic mass is 79.9. The van der Waals surface area contributed by atoms with Crippen LogP contribution in [0.3, 0.4) is 0 Å². The fraction of sp³-hybridized carbons (Fsp3) is 0.0667. The highest BCUT2D eigenvalue weighted by Gasteiger charge is 2.23. The standard InChI is InChI=1S/C15H12BrN3O/c1-10-13-4-2-3-5-14(13)19(15(20)18-17-10)12-8-6-11(16)7-9-12/h2-9H,1H3,(H,18,20). The van der Waals surface area contributed by atoms with E-state index in [-0.39, 0.29) is 6.03 Å². The first-order valence-corrected chi connectivity index (χ1v) is 6.95. The highest BCUT2D eigenvalue weighted by molar-refractivity contribution is 9.10.